The quantitative estimate of drug-likeness (QED) is 0.379. The summed E-state index contributed by atoms with van der Waals surface area (Å²) >= 11 is 0. The number of nitrogens with zero attached hydrogens (tertiary/aromatic N) is 2. The largest absolute Gasteiger partial charge is 0.354 e. The number of rotatable bonds is 9. The summed E-state index contributed by atoms with van der Waals surface area (Å²) in [6, 6.07) is 9.54. The highest BCUT2D eigenvalue weighted by Crippen LogP contribution is 2.30. The minimum Gasteiger partial charge on any atom is -0.354 e. The maximum absolute atomic E-state index is 13.5. The van der Waals surface area contributed by atoms with Crippen LogP contribution in [0, 0.1) is 6.92 Å². The third-order valence-corrected chi connectivity index (χ3v) is 8.19. The van der Waals surface area contributed by atoms with E-state index >= 15 is 0 Å². The number of amides is 2. The molecule has 0 radical (unpaired) electrons. The van der Waals surface area contributed by atoms with Gasteiger partial charge < -0.3 is 9.47 Å². The molecule has 0 aromatic heterocycles. The molecule has 13 heteroatoms. The lowest BCUT2D eigenvalue weighted by atomic mass is 10.2. The van der Waals surface area contributed by atoms with Crippen molar-refractivity contribution in [2.75, 3.05) is 25.7 Å². The van der Waals surface area contributed by atoms with E-state index in [1.165, 1.54) is 38.5 Å². The first-order chi connectivity index (χ1) is 15.9. The number of hydrogen-bond donors (Lipinski definition) is 1. The van der Waals surface area contributed by atoms with Gasteiger partial charge in [-0.3, -0.25) is 9.59 Å². The molecule has 184 valence electrons. The highest BCUT2D eigenvalue weighted by molar-refractivity contribution is 7.89. The van der Waals surface area contributed by atoms with E-state index in [9.17, 15) is 26.4 Å². The van der Waals surface area contributed by atoms with E-state index in [1.54, 1.807) is 19.1 Å². The minimum absolute atomic E-state index is 0.0553. The van der Waals surface area contributed by atoms with E-state index in [4.69, 9.17) is 14.6 Å². The zero-order valence-electron chi connectivity index (χ0n) is 18.7. The Morgan fingerprint density at radius 1 is 0.971 bits per heavy atom. The number of aryl methyl sites for hydroxylation is 1. The molecule has 1 unspecified atom stereocenters. The molecule has 1 aliphatic heterocycles. The number of ether oxygens (including phenoxy) is 2. The predicted octanol–water partition coefficient (Wildman–Crippen LogP) is 0.584. The van der Waals surface area contributed by atoms with E-state index in [0.29, 0.717) is 0 Å². The Balaban J connectivity index is 2.00. The van der Waals surface area contributed by atoms with Gasteiger partial charge in [0.05, 0.1) is 28.4 Å². The number of carbonyl (C=O) groups excluding carboxylic acids is 2. The molecule has 0 bridgehead atoms. The van der Waals surface area contributed by atoms with Crippen molar-refractivity contribution in [2.45, 2.75) is 35.5 Å². The maximum atomic E-state index is 13.5. The summed E-state index contributed by atoms with van der Waals surface area (Å²) in [7, 11) is -5.55. The van der Waals surface area contributed by atoms with Crippen molar-refractivity contribution >= 4 is 37.5 Å². The first-order valence-electron chi connectivity index (χ1n) is 10.0. The highest BCUT2D eigenvalue weighted by Gasteiger charge is 2.47. The average molecular weight is 512 g/mol. The molecule has 2 aromatic rings. The molecular formula is C21H25N3O8S2. The number of hydrogen-bond acceptors (Lipinski definition) is 8. The van der Waals surface area contributed by atoms with Gasteiger partial charge in [0, 0.05) is 14.2 Å². The third-order valence-electron chi connectivity index (χ3n) is 5.38. The second-order valence-electron chi connectivity index (χ2n) is 7.61. The Morgan fingerprint density at radius 3 is 2.00 bits per heavy atom. The number of benzene rings is 2. The molecule has 34 heavy (non-hydrogen) atoms. The van der Waals surface area contributed by atoms with Crippen LogP contribution in [0.4, 0.5) is 5.69 Å². The molecule has 1 atom stereocenters. The summed E-state index contributed by atoms with van der Waals surface area (Å²) in [5.41, 5.74) is 0.936. The summed E-state index contributed by atoms with van der Waals surface area (Å²) in [6.07, 6.45) is -1.41. The van der Waals surface area contributed by atoms with Crippen LogP contribution in [0.2, 0.25) is 0 Å². The first kappa shape index (κ1) is 25.9. The summed E-state index contributed by atoms with van der Waals surface area (Å²) < 4.78 is 61.2. The van der Waals surface area contributed by atoms with Crippen LogP contribution in [0.3, 0.4) is 0 Å². The van der Waals surface area contributed by atoms with Crippen molar-refractivity contribution < 1.29 is 35.9 Å². The van der Waals surface area contributed by atoms with Crippen molar-refractivity contribution in [1.29, 1.82) is 0 Å². The number of sulfonamides is 2. The van der Waals surface area contributed by atoms with E-state index in [1.807, 2.05) is 0 Å². The Bertz CT molecular complexity index is 1270. The molecule has 1 heterocycles. The zero-order chi connectivity index (χ0) is 25.3. The number of carbonyl (C=O) groups is 2. The van der Waals surface area contributed by atoms with E-state index in [-0.39, 0.29) is 22.0 Å². The second-order valence-corrected chi connectivity index (χ2v) is 11.1. The van der Waals surface area contributed by atoms with Crippen LogP contribution in [0.1, 0.15) is 12.0 Å². The van der Waals surface area contributed by atoms with Crippen molar-refractivity contribution in [3.8, 4) is 0 Å². The number of nitrogens with two attached hydrogens (primary N) is 1. The Hall–Kier alpha value is -2.68. The standard InChI is InChI=1S/C21H25N3O8S2/c1-14-4-8-17(9-5-14)34(29,30)23(13-20(31-2)32-3)18-12-19(25)24(21(18)26)15-6-10-16(11-7-15)33(22,27)28/h4-11,18,20H,12-13H2,1-3H3,(H2,22,27,28). The fourth-order valence-electron chi connectivity index (χ4n) is 3.53. The SMILES string of the molecule is COC(CN(C1CC(=O)N(c2ccc(S(N)(=O)=O)cc2)C1=O)S(=O)(=O)c1ccc(C)cc1)OC. The van der Waals surface area contributed by atoms with Gasteiger partial charge in [-0.25, -0.2) is 26.9 Å². The third kappa shape index (κ3) is 5.19. The summed E-state index contributed by atoms with van der Waals surface area (Å²) in [5, 5.41) is 5.09. The molecular weight excluding hydrogens is 486 g/mol. The van der Waals surface area contributed by atoms with Crippen molar-refractivity contribution in [3.05, 3.63) is 54.1 Å². The summed E-state index contributed by atoms with van der Waals surface area (Å²) in [5.74, 6) is -1.43. The van der Waals surface area contributed by atoms with E-state index < -0.39 is 50.6 Å². The van der Waals surface area contributed by atoms with Crippen LogP contribution < -0.4 is 10.0 Å². The van der Waals surface area contributed by atoms with Gasteiger partial charge in [0.25, 0.3) is 5.91 Å². The number of primary sulfonamides is 1. The Morgan fingerprint density at radius 2 is 1.50 bits per heavy atom. The Labute approximate surface area is 198 Å². The first-order valence-corrected chi connectivity index (χ1v) is 13.0. The van der Waals surface area contributed by atoms with Gasteiger partial charge in [-0.05, 0) is 43.3 Å². The molecule has 2 aromatic carbocycles. The zero-order valence-corrected chi connectivity index (χ0v) is 20.4. The van der Waals surface area contributed by atoms with Crippen LogP contribution in [0.15, 0.2) is 58.3 Å². The highest BCUT2D eigenvalue weighted by atomic mass is 32.2. The molecule has 0 aliphatic carbocycles. The summed E-state index contributed by atoms with van der Waals surface area (Å²) in [6.45, 7) is 1.46. The lowest BCUT2D eigenvalue weighted by Crippen LogP contribution is -2.49. The second kappa shape index (κ2) is 9.90. The van der Waals surface area contributed by atoms with Crippen LogP contribution in [0.5, 0.6) is 0 Å². The lowest BCUT2D eigenvalue weighted by molar-refractivity contribution is -0.125. The fraction of sp³-hybridized carbons (Fsp3) is 0.333. The van der Waals surface area contributed by atoms with Gasteiger partial charge in [0.2, 0.25) is 26.0 Å². The van der Waals surface area contributed by atoms with E-state index in [2.05, 4.69) is 0 Å². The minimum atomic E-state index is -4.23. The predicted molar refractivity (Wildman–Crippen MR) is 122 cm³/mol. The van der Waals surface area contributed by atoms with Crippen LogP contribution in [-0.2, 0) is 39.1 Å². The van der Waals surface area contributed by atoms with Crippen LogP contribution in [-0.4, -0.2) is 66.1 Å². The number of methoxy groups -OCH3 is 2. The topological polar surface area (TPSA) is 153 Å². The van der Waals surface area contributed by atoms with Gasteiger partial charge in [-0.15, -0.1) is 0 Å². The fourth-order valence-corrected chi connectivity index (χ4v) is 5.61. The molecule has 1 aliphatic rings. The Kier molecular flexibility index (Phi) is 7.55. The normalized spacial score (nSPS) is 17.2. The molecule has 2 N–H and O–H groups in total. The van der Waals surface area contributed by atoms with Crippen molar-refractivity contribution in [3.63, 3.8) is 0 Å². The van der Waals surface area contributed by atoms with Gasteiger partial charge >= 0.3 is 0 Å². The van der Waals surface area contributed by atoms with Crippen molar-refractivity contribution in [2.24, 2.45) is 5.14 Å². The smallest absolute Gasteiger partial charge is 0.252 e. The van der Waals surface area contributed by atoms with Gasteiger partial charge in [-0.1, -0.05) is 17.7 Å². The molecule has 1 fully saturated rings. The average Bonchev–Trinajstić information content (AvgIpc) is 3.07. The van der Waals surface area contributed by atoms with E-state index in [0.717, 1.165) is 26.9 Å². The molecule has 0 spiro atoms. The molecule has 1 saturated heterocycles. The van der Waals surface area contributed by atoms with Gasteiger partial charge in [0.15, 0.2) is 6.29 Å². The number of anilines is 1. The molecule has 11 nitrogen and oxygen atoms in total. The van der Waals surface area contributed by atoms with Crippen molar-refractivity contribution in [1.82, 2.24) is 4.31 Å². The van der Waals surface area contributed by atoms with Gasteiger partial charge in [0.1, 0.15) is 6.04 Å². The van der Waals surface area contributed by atoms with Crippen LogP contribution >= 0.6 is 0 Å². The summed E-state index contributed by atoms with van der Waals surface area (Å²) in [4.78, 5) is 26.7. The van der Waals surface area contributed by atoms with Crippen LogP contribution in [0.25, 0.3) is 0 Å². The monoisotopic (exact) mass is 511 g/mol. The number of imide groups is 1. The maximum Gasteiger partial charge on any atom is 0.252 e. The molecule has 2 amide bonds. The molecule has 0 saturated carbocycles. The lowest BCUT2D eigenvalue weighted by Gasteiger charge is -2.29. The molecule has 3 rings (SSSR count). The van der Waals surface area contributed by atoms with Gasteiger partial charge in [-0.2, -0.15) is 4.31 Å².